The summed E-state index contributed by atoms with van der Waals surface area (Å²) in [5.74, 6) is 12.9. The molecule has 12 bridgehead atoms. The summed E-state index contributed by atoms with van der Waals surface area (Å²) in [6.07, 6.45) is 41.8. The van der Waals surface area contributed by atoms with E-state index in [1.54, 1.807) is 22.3 Å². The van der Waals surface area contributed by atoms with Crippen molar-refractivity contribution in [3.05, 3.63) is 168 Å². The Morgan fingerprint density at radius 2 is 0.424 bits per heavy atom. The Hall–Kier alpha value is -3.64. The van der Waals surface area contributed by atoms with Gasteiger partial charge in [0, 0.05) is 0 Å². The van der Waals surface area contributed by atoms with Crippen LogP contribution in [0.25, 0.3) is 0 Å². The first-order valence-electron chi connectivity index (χ1n) is 28.2. The second-order valence-corrected chi connectivity index (χ2v) is 23.9. The summed E-state index contributed by atoms with van der Waals surface area (Å²) in [5.41, 5.74) is 6.53. The summed E-state index contributed by atoms with van der Waals surface area (Å²) in [7, 11) is 0. The average Bonchev–Trinajstić information content (AvgIpc) is 3.99. The number of allylic oxidation sites excluding steroid dienone is 4. The molecule has 0 amide bonds. The molecule has 66 heavy (non-hydrogen) atoms. The molecule has 0 nitrogen and oxygen atoms in total. The van der Waals surface area contributed by atoms with Crippen LogP contribution >= 0.6 is 0 Å². The predicted molar refractivity (Wildman–Crippen MR) is 278 cm³/mol. The van der Waals surface area contributed by atoms with Crippen molar-refractivity contribution in [2.45, 2.75) is 165 Å². The number of rotatable bonds is 4. The largest absolute Gasteiger partial charge is 0.0883 e. The van der Waals surface area contributed by atoms with Gasteiger partial charge in [-0.25, -0.2) is 0 Å². The van der Waals surface area contributed by atoms with Gasteiger partial charge in [0.25, 0.3) is 0 Å². The molecule has 13 aliphatic carbocycles. The van der Waals surface area contributed by atoms with Gasteiger partial charge in [0.05, 0.1) is 0 Å². The molecule has 0 aliphatic heterocycles. The summed E-state index contributed by atoms with van der Waals surface area (Å²) in [5, 5.41) is 0. The van der Waals surface area contributed by atoms with Crippen molar-refractivity contribution in [2.75, 3.05) is 0 Å². The van der Waals surface area contributed by atoms with Crippen LogP contribution in [0.1, 0.15) is 187 Å². The van der Waals surface area contributed by atoms with E-state index in [0.29, 0.717) is 23.7 Å². The fourth-order valence-corrected chi connectivity index (χ4v) is 17.3. The Kier molecular flexibility index (Phi) is 14.5. The van der Waals surface area contributed by atoms with Crippen LogP contribution in [0.2, 0.25) is 0 Å². The van der Waals surface area contributed by atoms with Gasteiger partial charge in [0.15, 0.2) is 0 Å². The van der Waals surface area contributed by atoms with Crippen LogP contribution in [0.3, 0.4) is 0 Å². The maximum Gasteiger partial charge on any atom is -0.00592 e. The lowest BCUT2D eigenvalue weighted by Gasteiger charge is -2.37. The third-order valence-corrected chi connectivity index (χ3v) is 20.6. The normalized spacial score (nSPS) is 38.7. The van der Waals surface area contributed by atoms with Crippen LogP contribution in [-0.4, -0.2) is 0 Å². The van der Waals surface area contributed by atoms with Crippen molar-refractivity contribution in [3.63, 3.8) is 0 Å². The van der Waals surface area contributed by atoms with Gasteiger partial charge in [-0.2, -0.15) is 0 Å². The van der Waals surface area contributed by atoms with Crippen LogP contribution in [0.4, 0.5) is 0 Å². The fraction of sp³-hybridized carbons (Fsp3) is 0.576. The van der Waals surface area contributed by atoms with Gasteiger partial charge in [0.1, 0.15) is 0 Å². The van der Waals surface area contributed by atoms with Gasteiger partial charge in [0.2, 0.25) is 0 Å². The zero-order valence-electron chi connectivity index (χ0n) is 40.7. The Balaban J connectivity index is 0.828. The van der Waals surface area contributed by atoms with E-state index in [1.165, 1.54) is 141 Å². The lowest BCUT2D eigenvalue weighted by atomic mass is 9.67. The molecule has 13 aliphatic rings. The fourth-order valence-electron chi connectivity index (χ4n) is 17.3. The van der Waals surface area contributed by atoms with E-state index in [1.807, 2.05) is 0 Å². The minimum Gasteiger partial charge on any atom is -0.0883 e. The molecule has 8 atom stereocenters. The first-order chi connectivity index (χ1) is 32.7. The van der Waals surface area contributed by atoms with Gasteiger partial charge in [-0.15, -0.1) is 0 Å². The summed E-state index contributed by atoms with van der Waals surface area (Å²) in [4.78, 5) is 0. The zero-order chi connectivity index (χ0) is 44.1. The van der Waals surface area contributed by atoms with Crippen LogP contribution in [-0.2, 0) is 0 Å². The first kappa shape index (κ1) is 44.8. The second-order valence-electron chi connectivity index (χ2n) is 23.9. The van der Waals surface area contributed by atoms with Crippen LogP contribution in [0.15, 0.2) is 146 Å². The lowest BCUT2D eigenvalue weighted by Crippen LogP contribution is -2.25. The van der Waals surface area contributed by atoms with Gasteiger partial charge in [-0.05, 0) is 258 Å². The zero-order valence-corrected chi connectivity index (χ0v) is 40.7. The summed E-state index contributed by atoms with van der Waals surface area (Å²) in [6, 6.07) is 47.7. The third kappa shape index (κ3) is 9.93. The van der Waals surface area contributed by atoms with Crippen molar-refractivity contribution < 1.29 is 0 Å². The maximum absolute atomic E-state index is 2.65. The van der Waals surface area contributed by atoms with E-state index < -0.39 is 0 Å². The molecule has 8 unspecified atom stereocenters. The van der Waals surface area contributed by atoms with Gasteiger partial charge < -0.3 is 0 Å². The number of hydrogen-bond donors (Lipinski definition) is 0. The Labute approximate surface area is 402 Å². The van der Waals surface area contributed by atoms with Crippen LogP contribution in [0.5, 0.6) is 0 Å². The molecule has 0 N–H and O–H groups in total. The van der Waals surface area contributed by atoms with E-state index in [-0.39, 0.29) is 0 Å². The molecule has 4 aromatic carbocycles. The molecule has 0 radical (unpaired) electrons. The van der Waals surface area contributed by atoms with E-state index in [9.17, 15) is 0 Å². The van der Waals surface area contributed by atoms with Crippen molar-refractivity contribution in [1.29, 1.82) is 0 Å². The van der Waals surface area contributed by atoms with Crippen molar-refractivity contribution in [3.8, 4) is 0 Å². The average molecular weight is 877 g/mol. The maximum atomic E-state index is 2.65. The summed E-state index contributed by atoms with van der Waals surface area (Å²) in [6.45, 7) is 0. The van der Waals surface area contributed by atoms with Crippen molar-refractivity contribution >= 4 is 0 Å². The van der Waals surface area contributed by atoms with Gasteiger partial charge in [-0.3, -0.25) is 0 Å². The molecule has 6 fully saturated rings. The van der Waals surface area contributed by atoms with Crippen LogP contribution in [0, 0.1) is 71.0 Å². The predicted octanol–water partition coefficient (Wildman–Crippen LogP) is 18.3. The van der Waals surface area contributed by atoms with Gasteiger partial charge in [-0.1, -0.05) is 146 Å². The molecule has 4 aromatic rings. The van der Waals surface area contributed by atoms with Crippen LogP contribution < -0.4 is 0 Å². The first-order valence-corrected chi connectivity index (χ1v) is 28.2. The molecule has 0 heterocycles. The molecule has 0 spiro atoms. The monoisotopic (exact) mass is 877 g/mol. The number of hydrogen-bond acceptors (Lipinski definition) is 0. The van der Waals surface area contributed by atoms with E-state index in [4.69, 9.17) is 0 Å². The highest BCUT2D eigenvalue weighted by atomic mass is 14.6. The highest BCUT2D eigenvalue weighted by Gasteiger charge is 2.52. The smallest absolute Gasteiger partial charge is 0.00592 e. The second kappa shape index (κ2) is 21.3. The number of benzene rings is 4. The minimum atomic E-state index is 0.653. The molecular formula is C66H84. The van der Waals surface area contributed by atoms with Gasteiger partial charge >= 0.3 is 0 Å². The summed E-state index contributed by atoms with van der Waals surface area (Å²) >= 11 is 0. The third-order valence-electron chi connectivity index (χ3n) is 20.6. The molecular weight excluding hydrogens is 793 g/mol. The molecule has 0 saturated heterocycles. The Bertz CT molecular complexity index is 1800. The Morgan fingerprint density at radius 3 is 0.621 bits per heavy atom. The van der Waals surface area contributed by atoms with E-state index >= 15 is 0 Å². The molecule has 6 saturated carbocycles. The summed E-state index contributed by atoms with van der Waals surface area (Å²) < 4.78 is 0. The highest BCUT2D eigenvalue weighted by molar-refractivity contribution is 5.35. The van der Waals surface area contributed by atoms with Crippen molar-refractivity contribution in [1.82, 2.24) is 0 Å². The van der Waals surface area contributed by atoms with E-state index in [2.05, 4.69) is 146 Å². The standard InChI is InChI=1S/C66H84/c1-5-21-55(22-6-1)63-59-45-60(64(63)56-23-7-2-8-24-56)52-39-31-48(32-40-52)18-15-16-20-50-35-43-54(44-36-50)62-46-61(65(57-25-9-3-10-26-57)66(62)58-27-11-4-12-28-58)53-41-33-49(34-42-53)19-14-13-17-47-29-37-51(59)38-30-47/h1-16,21-28,47-54,59-66H,17-20,29-46H2. The Morgan fingerprint density at radius 1 is 0.227 bits per heavy atom. The molecule has 17 rings (SSSR count). The topological polar surface area (TPSA) is 0 Å². The minimum absolute atomic E-state index is 0.653. The SMILES string of the molecule is C1=CCC2CCC(CC2)C2CC(C3CCC(CC=CCC4CCC(CC4)C4CC(C5CCC(C1)CC5)C(c1ccccc1)C4c1ccccc1)CC3)C(c1ccccc1)C2c1ccccc1. The lowest BCUT2D eigenvalue weighted by molar-refractivity contribution is 0.171. The quantitative estimate of drug-likeness (QED) is 0.179. The molecule has 348 valence electrons. The molecule has 0 aromatic heterocycles. The molecule has 0 heteroatoms. The van der Waals surface area contributed by atoms with Crippen molar-refractivity contribution in [2.24, 2.45) is 71.0 Å². The van der Waals surface area contributed by atoms with E-state index in [0.717, 1.165) is 71.0 Å². The highest BCUT2D eigenvalue weighted by Crippen LogP contribution is 2.63.